The Bertz CT molecular complexity index is 825. The minimum Gasteiger partial charge on any atom is -0.478 e. The van der Waals surface area contributed by atoms with Crippen LogP contribution in [0.4, 0.5) is 0 Å². The molecule has 8 nitrogen and oxygen atoms in total. The molecule has 2 rings (SSSR count). The molecular weight excluding hydrogens is 444 g/mol. The Kier molecular flexibility index (Phi) is 18.7. The molecule has 0 aliphatic carbocycles. The predicted octanol–water partition coefficient (Wildman–Crippen LogP) is 3.97. The smallest absolute Gasteiger partial charge is 0.397 e. The molecule has 0 bridgehead atoms. The fourth-order valence-corrected chi connectivity index (χ4v) is 2.05. The number of carbonyl (C=O) groups is 1. The molecule has 0 heterocycles. The van der Waals surface area contributed by atoms with Gasteiger partial charge in [0.2, 0.25) is 0 Å². The largest absolute Gasteiger partial charge is 0.478 e. The lowest BCUT2D eigenvalue weighted by atomic mass is 10.2. The Morgan fingerprint density at radius 1 is 0.879 bits per heavy atom. The maximum Gasteiger partial charge on any atom is 0.397 e. The Balaban J connectivity index is 0. The molecule has 0 aromatic heterocycles. The lowest BCUT2D eigenvalue weighted by Gasteiger charge is -2.08. The highest BCUT2D eigenvalue weighted by Crippen LogP contribution is 2.00. The van der Waals surface area contributed by atoms with Crippen LogP contribution in [0.5, 0.6) is 0 Å². The normalized spacial score (nSPS) is 10.1. The third kappa shape index (κ3) is 23.9. The van der Waals surface area contributed by atoms with Crippen molar-refractivity contribution in [1.82, 2.24) is 9.80 Å². The fourth-order valence-electron chi connectivity index (χ4n) is 2.05. The van der Waals surface area contributed by atoms with Gasteiger partial charge in [-0.1, -0.05) is 74.2 Å². The molecule has 0 saturated carbocycles. The van der Waals surface area contributed by atoms with E-state index < -0.39 is 16.4 Å². The van der Waals surface area contributed by atoms with Gasteiger partial charge in [0.05, 0.1) is 7.11 Å². The Labute approximate surface area is 199 Å². The van der Waals surface area contributed by atoms with E-state index in [1.807, 2.05) is 12.1 Å². The summed E-state index contributed by atoms with van der Waals surface area (Å²) in [7, 11) is 5.01. The monoisotopic (exact) mass is 482 g/mol. The average molecular weight is 483 g/mol. The van der Waals surface area contributed by atoms with Crippen LogP contribution < -0.4 is 0 Å². The molecule has 0 saturated heterocycles. The highest BCUT2D eigenvalue weighted by atomic mass is 32.3. The lowest BCUT2D eigenvalue weighted by Crippen LogP contribution is -2.10. The Morgan fingerprint density at radius 3 is 1.33 bits per heavy atom. The molecule has 0 fully saturated rings. The summed E-state index contributed by atoms with van der Waals surface area (Å²) in [6.45, 7) is 7.09. The van der Waals surface area contributed by atoms with Gasteiger partial charge >= 0.3 is 16.4 Å². The molecule has 0 spiro atoms. The molecule has 2 N–H and O–H groups in total. The third-order valence-corrected chi connectivity index (χ3v) is 4.04. The van der Waals surface area contributed by atoms with Gasteiger partial charge in [0.1, 0.15) is 0 Å². The van der Waals surface area contributed by atoms with Crippen molar-refractivity contribution in [2.45, 2.75) is 26.4 Å². The summed E-state index contributed by atoms with van der Waals surface area (Å²) < 4.78 is 29.7. The van der Waals surface area contributed by atoms with Crippen molar-refractivity contribution in [2.24, 2.45) is 0 Å². The minimum absolute atomic E-state index is 0.264. The second kappa shape index (κ2) is 19.0. The van der Waals surface area contributed by atoms with Crippen LogP contribution in [-0.2, 0) is 32.5 Å². The molecule has 0 aliphatic heterocycles. The zero-order valence-electron chi connectivity index (χ0n) is 20.4. The van der Waals surface area contributed by atoms with Gasteiger partial charge in [-0.25, -0.2) is 4.79 Å². The van der Waals surface area contributed by atoms with Crippen molar-refractivity contribution in [1.29, 1.82) is 0 Å². The van der Waals surface area contributed by atoms with Gasteiger partial charge in [-0.15, -0.1) is 0 Å². The zero-order chi connectivity index (χ0) is 25.9. The van der Waals surface area contributed by atoms with Gasteiger partial charge in [0.15, 0.2) is 0 Å². The lowest BCUT2D eigenvalue weighted by molar-refractivity contribution is -0.132. The Hall–Kier alpha value is -2.56. The first-order valence-electron chi connectivity index (χ1n) is 10.1. The van der Waals surface area contributed by atoms with Crippen LogP contribution in [0.25, 0.3) is 0 Å². The first kappa shape index (κ1) is 32.6. The Morgan fingerprint density at radius 2 is 1.18 bits per heavy atom. The number of carboxylic acid groups (broad SMARTS) is 1. The van der Waals surface area contributed by atoms with Gasteiger partial charge < -0.3 is 14.9 Å². The first-order chi connectivity index (χ1) is 15.3. The van der Waals surface area contributed by atoms with Crippen molar-refractivity contribution >= 4 is 16.4 Å². The highest BCUT2D eigenvalue weighted by molar-refractivity contribution is 7.80. The van der Waals surface area contributed by atoms with E-state index in [1.165, 1.54) is 11.1 Å². The number of benzene rings is 2. The summed E-state index contributed by atoms with van der Waals surface area (Å²) in [4.78, 5) is 14.2. The molecule has 2 aromatic carbocycles. The summed E-state index contributed by atoms with van der Waals surface area (Å²) in [6.07, 6.45) is 0.523. The number of carboxylic acids is 1. The molecule has 9 heteroatoms. The standard InChI is InChI=1S/2C9H13N.C5H8O2.CH4O4S/c2*1-10(2)8-9-6-4-3-5-7-9;1-3-4(2)5(6)7;1-5-6(2,3)4/h2*3-7H,8H2,1-2H3;2-3H2,1H3,(H,6,7);1H3,(H,2,3,4). The van der Waals surface area contributed by atoms with Crippen LogP contribution in [0.3, 0.4) is 0 Å². The second-order valence-electron chi connectivity index (χ2n) is 7.30. The quantitative estimate of drug-likeness (QED) is 0.451. The van der Waals surface area contributed by atoms with Crippen LogP contribution in [0.15, 0.2) is 72.8 Å². The maximum atomic E-state index is 9.83. The van der Waals surface area contributed by atoms with E-state index in [-0.39, 0.29) is 5.57 Å². The summed E-state index contributed by atoms with van der Waals surface area (Å²) in [5, 5.41) is 8.08. The van der Waals surface area contributed by atoms with Gasteiger partial charge in [-0.2, -0.15) is 8.42 Å². The molecule has 2 aromatic rings. The van der Waals surface area contributed by atoms with Crippen LogP contribution in [0.2, 0.25) is 0 Å². The van der Waals surface area contributed by atoms with E-state index >= 15 is 0 Å². The first-order valence-corrected chi connectivity index (χ1v) is 11.5. The summed E-state index contributed by atoms with van der Waals surface area (Å²) in [5.41, 5.74) is 3.00. The predicted molar refractivity (Wildman–Crippen MR) is 133 cm³/mol. The summed E-state index contributed by atoms with van der Waals surface area (Å²) in [6, 6.07) is 20.9. The van der Waals surface area contributed by atoms with E-state index in [0.717, 1.165) is 20.2 Å². The van der Waals surface area contributed by atoms with Crippen molar-refractivity contribution in [3.8, 4) is 0 Å². The van der Waals surface area contributed by atoms with Gasteiger partial charge in [0.25, 0.3) is 0 Å². The van der Waals surface area contributed by atoms with Gasteiger partial charge in [0, 0.05) is 18.7 Å². The van der Waals surface area contributed by atoms with Crippen LogP contribution in [0.1, 0.15) is 24.5 Å². The van der Waals surface area contributed by atoms with E-state index in [9.17, 15) is 13.2 Å². The SMILES string of the molecule is C=C(CC)C(=O)O.CN(C)Cc1ccccc1.CN(C)Cc1ccccc1.COS(=O)(=O)O. The van der Waals surface area contributed by atoms with Crippen molar-refractivity contribution in [2.75, 3.05) is 35.3 Å². The van der Waals surface area contributed by atoms with E-state index in [4.69, 9.17) is 9.66 Å². The van der Waals surface area contributed by atoms with Gasteiger partial charge in [-0.3, -0.25) is 8.74 Å². The number of hydrogen-bond acceptors (Lipinski definition) is 6. The highest BCUT2D eigenvalue weighted by Gasteiger charge is 1.96. The molecule has 33 heavy (non-hydrogen) atoms. The zero-order valence-corrected chi connectivity index (χ0v) is 21.2. The van der Waals surface area contributed by atoms with Crippen LogP contribution in [0, 0.1) is 0 Å². The number of aliphatic carboxylic acids is 1. The molecule has 0 unspecified atom stereocenters. The minimum atomic E-state index is -4.16. The molecule has 0 atom stereocenters. The molecule has 0 aliphatic rings. The van der Waals surface area contributed by atoms with Crippen molar-refractivity contribution in [3.05, 3.63) is 83.9 Å². The van der Waals surface area contributed by atoms with Crippen LogP contribution >= 0.6 is 0 Å². The summed E-state index contributed by atoms with van der Waals surface area (Å²) in [5.74, 6) is -0.900. The van der Waals surface area contributed by atoms with Gasteiger partial charge in [-0.05, 0) is 45.7 Å². The fraction of sp³-hybridized carbons (Fsp3) is 0.375. The van der Waals surface area contributed by atoms with Crippen molar-refractivity contribution < 1.29 is 27.1 Å². The van der Waals surface area contributed by atoms with E-state index in [2.05, 4.69) is 97.3 Å². The second-order valence-corrected chi connectivity index (χ2v) is 8.49. The molecule has 0 radical (unpaired) electrons. The number of nitrogens with zero attached hydrogens (tertiary/aromatic N) is 2. The maximum absolute atomic E-state index is 9.83. The topological polar surface area (TPSA) is 107 Å². The van der Waals surface area contributed by atoms with E-state index in [1.54, 1.807) is 6.92 Å². The van der Waals surface area contributed by atoms with E-state index in [0.29, 0.717) is 6.42 Å². The average Bonchev–Trinajstić information content (AvgIpc) is 2.74. The van der Waals surface area contributed by atoms with Crippen LogP contribution in [-0.4, -0.2) is 69.1 Å². The third-order valence-electron chi connectivity index (χ3n) is 3.62. The molecule has 186 valence electrons. The number of rotatable bonds is 7. The molecular formula is C24H38N2O6S. The molecule has 0 amide bonds. The number of hydrogen-bond donors (Lipinski definition) is 2. The van der Waals surface area contributed by atoms with Crippen molar-refractivity contribution in [3.63, 3.8) is 0 Å². The summed E-state index contributed by atoms with van der Waals surface area (Å²) >= 11 is 0.